The fourth-order valence-electron chi connectivity index (χ4n) is 2.61. The normalized spacial score (nSPS) is 31.3. The summed E-state index contributed by atoms with van der Waals surface area (Å²) in [5.74, 6) is 1.45. The highest BCUT2D eigenvalue weighted by molar-refractivity contribution is 5.72. The van der Waals surface area contributed by atoms with Gasteiger partial charge in [0.15, 0.2) is 0 Å². The van der Waals surface area contributed by atoms with Crippen LogP contribution in [0.2, 0.25) is 0 Å². The van der Waals surface area contributed by atoms with Gasteiger partial charge in [-0.2, -0.15) is 0 Å². The van der Waals surface area contributed by atoms with Crippen molar-refractivity contribution in [1.82, 2.24) is 0 Å². The van der Waals surface area contributed by atoms with Crippen LogP contribution in [0.4, 0.5) is 0 Å². The molecule has 1 aliphatic carbocycles. The zero-order valence-corrected chi connectivity index (χ0v) is 11.6. The summed E-state index contributed by atoms with van der Waals surface area (Å²) in [6.07, 6.45) is 3.53. The number of esters is 1. The van der Waals surface area contributed by atoms with Crippen LogP contribution in [0.1, 0.15) is 47.0 Å². The summed E-state index contributed by atoms with van der Waals surface area (Å²) in [5.41, 5.74) is 5.50. The fourth-order valence-corrected chi connectivity index (χ4v) is 2.61. The van der Waals surface area contributed by atoms with E-state index >= 15 is 0 Å². The Morgan fingerprint density at radius 2 is 2.00 bits per heavy atom. The van der Waals surface area contributed by atoms with Gasteiger partial charge in [-0.1, -0.05) is 34.1 Å². The highest BCUT2D eigenvalue weighted by Crippen LogP contribution is 2.35. The van der Waals surface area contributed by atoms with Gasteiger partial charge in [0.05, 0.1) is 5.92 Å². The Labute approximate surface area is 105 Å². The van der Waals surface area contributed by atoms with E-state index in [-0.39, 0.29) is 18.0 Å². The second kappa shape index (κ2) is 6.39. The molecule has 1 rings (SSSR count). The van der Waals surface area contributed by atoms with E-state index < -0.39 is 0 Å². The standard InChI is InChI=1S/C14H27NO2/c1-9(2)12-6-5-10(3)7-13(12)17-14(16)11(4)8-15/h9-13H,5-8,15H2,1-4H3/t10-,11?,12+,13-/m0/s1. The molecule has 0 aromatic rings. The van der Waals surface area contributed by atoms with Crippen LogP contribution in [0.15, 0.2) is 0 Å². The molecule has 3 nitrogen and oxygen atoms in total. The number of carbonyl (C=O) groups is 1. The van der Waals surface area contributed by atoms with Crippen LogP contribution in [-0.2, 0) is 9.53 Å². The topological polar surface area (TPSA) is 52.3 Å². The molecule has 0 spiro atoms. The predicted molar refractivity (Wildman–Crippen MR) is 69.4 cm³/mol. The maximum atomic E-state index is 11.8. The van der Waals surface area contributed by atoms with Gasteiger partial charge in [0.25, 0.3) is 0 Å². The van der Waals surface area contributed by atoms with Crippen molar-refractivity contribution in [2.75, 3.05) is 6.54 Å². The lowest BCUT2D eigenvalue weighted by molar-refractivity contribution is -0.160. The third-order valence-electron chi connectivity index (χ3n) is 3.98. The van der Waals surface area contributed by atoms with Crippen LogP contribution >= 0.6 is 0 Å². The van der Waals surface area contributed by atoms with Crippen molar-refractivity contribution >= 4 is 5.97 Å². The molecule has 4 atom stereocenters. The summed E-state index contributed by atoms with van der Waals surface area (Å²) in [6, 6.07) is 0. The average molecular weight is 241 g/mol. The van der Waals surface area contributed by atoms with Gasteiger partial charge in [-0.25, -0.2) is 0 Å². The van der Waals surface area contributed by atoms with Gasteiger partial charge in [-0.15, -0.1) is 0 Å². The molecule has 2 N–H and O–H groups in total. The monoisotopic (exact) mass is 241 g/mol. The number of hydrogen-bond acceptors (Lipinski definition) is 3. The first-order valence-electron chi connectivity index (χ1n) is 6.86. The third kappa shape index (κ3) is 3.98. The molecule has 0 saturated heterocycles. The summed E-state index contributed by atoms with van der Waals surface area (Å²) >= 11 is 0. The Bertz CT molecular complexity index is 253. The lowest BCUT2D eigenvalue weighted by Crippen LogP contribution is -2.38. The summed E-state index contributed by atoms with van der Waals surface area (Å²) in [7, 11) is 0. The molecule has 0 amide bonds. The number of rotatable bonds is 4. The maximum Gasteiger partial charge on any atom is 0.310 e. The van der Waals surface area contributed by atoms with Crippen molar-refractivity contribution in [3.8, 4) is 0 Å². The van der Waals surface area contributed by atoms with Gasteiger partial charge in [0, 0.05) is 6.54 Å². The molecule has 17 heavy (non-hydrogen) atoms. The van der Waals surface area contributed by atoms with Crippen molar-refractivity contribution in [3.63, 3.8) is 0 Å². The van der Waals surface area contributed by atoms with E-state index in [1.54, 1.807) is 0 Å². The minimum Gasteiger partial charge on any atom is -0.462 e. The Hall–Kier alpha value is -0.570. The van der Waals surface area contributed by atoms with Crippen molar-refractivity contribution in [3.05, 3.63) is 0 Å². The van der Waals surface area contributed by atoms with Crippen LogP contribution in [0.5, 0.6) is 0 Å². The summed E-state index contributed by atoms with van der Waals surface area (Å²) in [5, 5.41) is 0. The molecule has 100 valence electrons. The van der Waals surface area contributed by atoms with Gasteiger partial charge < -0.3 is 10.5 Å². The van der Waals surface area contributed by atoms with E-state index in [1.165, 1.54) is 12.8 Å². The molecule has 1 saturated carbocycles. The van der Waals surface area contributed by atoms with Gasteiger partial charge in [-0.3, -0.25) is 4.79 Å². The molecule has 0 aliphatic heterocycles. The quantitative estimate of drug-likeness (QED) is 0.770. The third-order valence-corrected chi connectivity index (χ3v) is 3.98. The largest absolute Gasteiger partial charge is 0.462 e. The lowest BCUT2D eigenvalue weighted by Gasteiger charge is -2.37. The van der Waals surface area contributed by atoms with E-state index in [0.717, 1.165) is 6.42 Å². The highest BCUT2D eigenvalue weighted by atomic mass is 16.5. The molecule has 0 aromatic carbocycles. The first-order chi connectivity index (χ1) is 7.95. The summed E-state index contributed by atoms with van der Waals surface area (Å²) in [4.78, 5) is 11.8. The second-order valence-electron chi connectivity index (χ2n) is 5.94. The zero-order chi connectivity index (χ0) is 13.0. The molecule has 1 aliphatic rings. The molecule has 1 fully saturated rings. The molecule has 0 heterocycles. The summed E-state index contributed by atoms with van der Waals surface area (Å²) < 4.78 is 5.67. The predicted octanol–water partition coefficient (Wildman–Crippen LogP) is 2.59. The van der Waals surface area contributed by atoms with E-state index in [4.69, 9.17) is 10.5 Å². The van der Waals surface area contributed by atoms with Crippen molar-refractivity contribution in [1.29, 1.82) is 0 Å². The Balaban J connectivity index is 2.60. The Morgan fingerprint density at radius 1 is 1.35 bits per heavy atom. The Morgan fingerprint density at radius 3 is 2.53 bits per heavy atom. The smallest absolute Gasteiger partial charge is 0.310 e. The molecular weight excluding hydrogens is 214 g/mol. The van der Waals surface area contributed by atoms with Crippen LogP contribution in [-0.4, -0.2) is 18.6 Å². The Kier molecular flexibility index (Phi) is 5.44. The van der Waals surface area contributed by atoms with Crippen LogP contribution in [0, 0.1) is 23.7 Å². The molecule has 0 aromatic heterocycles. The van der Waals surface area contributed by atoms with Gasteiger partial charge in [-0.05, 0) is 30.6 Å². The van der Waals surface area contributed by atoms with Crippen molar-refractivity contribution in [2.24, 2.45) is 29.4 Å². The molecule has 3 heteroatoms. The SMILES string of the molecule is CC(CN)C(=O)O[C@H]1C[C@@H](C)CC[C@@H]1C(C)C. The minimum absolute atomic E-state index is 0.0975. The number of hydrogen-bond donors (Lipinski definition) is 1. The van der Waals surface area contributed by atoms with Crippen LogP contribution in [0.25, 0.3) is 0 Å². The van der Waals surface area contributed by atoms with Crippen LogP contribution < -0.4 is 5.73 Å². The molecule has 0 bridgehead atoms. The van der Waals surface area contributed by atoms with Crippen LogP contribution in [0.3, 0.4) is 0 Å². The zero-order valence-electron chi connectivity index (χ0n) is 11.6. The number of carbonyl (C=O) groups excluding carboxylic acids is 1. The van der Waals surface area contributed by atoms with Crippen molar-refractivity contribution in [2.45, 2.75) is 53.1 Å². The van der Waals surface area contributed by atoms with E-state index in [9.17, 15) is 4.79 Å². The maximum absolute atomic E-state index is 11.8. The van der Waals surface area contributed by atoms with E-state index in [0.29, 0.717) is 24.3 Å². The molecule has 1 unspecified atom stereocenters. The fraction of sp³-hybridized carbons (Fsp3) is 0.929. The van der Waals surface area contributed by atoms with Crippen molar-refractivity contribution < 1.29 is 9.53 Å². The highest BCUT2D eigenvalue weighted by Gasteiger charge is 2.33. The summed E-state index contributed by atoms with van der Waals surface area (Å²) in [6.45, 7) is 8.87. The molecule has 0 radical (unpaired) electrons. The average Bonchev–Trinajstić information content (AvgIpc) is 2.27. The lowest BCUT2D eigenvalue weighted by atomic mass is 9.75. The number of ether oxygens (including phenoxy) is 1. The first kappa shape index (κ1) is 14.5. The minimum atomic E-state index is -0.181. The first-order valence-corrected chi connectivity index (χ1v) is 6.86. The van der Waals surface area contributed by atoms with E-state index in [1.807, 2.05) is 6.92 Å². The van der Waals surface area contributed by atoms with Gasteiger partial charge >= 0.3 is 5.97 Å². The van der Waals surface area contributed by atoms with E-state index in [2.05, 4.69) is 20.8 Å². The van der Waals surface area contributed by atoms with Gasteiger partial charge in [0.2, 0.25) is 0 Å². The number of nitrogens with two attached hydrogens (primary N) is 1. The molecular formula is C14H27NO2. The van der Waals surface area contributed by atoms with Gasteiger partial charge in [0.1, 0.15) is 6.10 Å². The second-order valence-corrected chi connectivity index (χ2v) is 5.94.